The second kappa shape index (κ2) is 4.87. The van der Waals surface area contributed by atoms with E-state index in [0.29, 0.717) is 12.0 Å². The van der Waals surface area contributed by atoms with E-state index in [1.54, 1.807) is 0 Å². The first kappa shape index (κ1) is 11.4. The number of halogens is 1. The SMILES string of the molecule is Clc1cccc(O[C@@H](C2CC2)[C@H]2CCNC2)c1. The van der Waals surface area contributed by atoms with E-state index in [1.165, 1.54) is 19.3 Å². The van der Waals surface area contributed by atoms with Crippen LogP contribution in [0.5, 0.6) is 5.75 Å². The zero-order chi connectivity index (χ0) is 11.7. The Morgan fingerprint density at radius 3 is 2.76 bits per heavy atom. The largest absolute Gasteiger partial charge is 0.490 e. The van der Waals surface area contributed by atoms with Crippen LogP contribution < -0.4 is 10.1 Å². The number of hydrogen-bond donors (Lipinski definition) is 1. The average Bonchev–Trinajstić information content (AvgIpc) is 3.01. The Hall–Kier alpha value is -0.730. The first-order valence-corrected chi connectivity index (χ1v) is 6.83. The Morgan fingerprint density at radius 2 is 2.12 bits per heavy atom. The highest BCUT2D eigenvalue weighted by Gasteiger charge is 2.39. The minimum absolute atomic E-state index is 0.378. The van der Waals surface area contributed by atoms with Gasteiger partial charge >= 0.3 is 0 Å². The molecule has 2 nitrogen and oxygen atoms in total. The lowest BCUT2D eigenvalue weighted by Crippen LogP contribution is -2.30. The Balaban J connectivity index is 1.71. The summed E-state index contributed by atoms with van der Waals surface area (Å²) < 4.78 is 6.18. The summed E-state index contributed by atoms with van der Waals surface area (Å²) in [6.07, 6.45) is 4.26. The summed E-state index contributed by atoms with van der Waals surface area (Å²) in [5, 5.41) is 4.18. The van der Waals surface area contributed by atoms with E-state index in [-0.39, 0.29) is 0 Å². The maximum atomic E-state index is 6.18. The van der Waals surface area contributed by atoms with Crippen molar-refractivity contribution in [1.29, 1.82) is 0 Å². The molecular formula is C14H18ClNO. The molecule has 17 heavy (non-hydrogen) atoms. The second-order valence-electron chi connectivity index (χ2n) is 5.13. The van der Waals surface area contributed by atoms with Crippen LogP contribution in [0.25, 0.3) is 0 Å². The van der Waals surface area contributed by atoms with Gasteiger partial charge in [0.2, 0.25) is 0 Å². The molecule has 1 aliphatic heterocycles. The van der Waals surface area contributed by atoms with Gasteiger partial charge in [0.25, 0.3) is 0 Å². The van der Waals surface area contributed by atoms with Crippen LogP contribution in [0.15, 0.2) is 24.3 Å². The molecule has 1 aliphatic carbocycles. The molecule has 1 aromatic carbocycles. The van der Waals surface area contributed by atoms with Gasteiger partial charge in [-0.15, -0.1) is 0 Å². The molecule has 1 saturated heterocycles. The number of benzene rings is 1. The lowest BCUT2D eigenvalue weighted by molar-refractivity contribution is 0.121. The molecule has 3 heteroatoms. The third-order valence-corrected chi connectivity index (χ3v) is 3.95. The lowest BCUT2D eigenvalue weighted by atomic mass is 9.97. The Kier molecular flexibility index (Phi) is 3.26. The van der Waals surface area contributed by atoms with Gasteiger partial charge in [0, 0.05) is 17.5 Å². The number of nitrogens with one attached hydrogen (secondary N) is 1. The van der Waals surface area contributed by atoms with Crippen LogP contribution in [0.1, 0.15) is 19.3 Å². The van der Waals surface area contributed by atoms with Gasteiger partial charge in [0.05, 0.1) is 0 Å². The quantitative estimate of drug-likeness (QED) is 0.888. The first-order valence-electron chi connectivity index (χ1n) is 6.46. The van der Waals surface area contributed by atoms with Crippen molar-refractivity contribution < 1.29 is 4.74 Å². The van der Waals surface area contributed by atoms with Gasteiger partial charge in [-0.3, -0.25) is 0 Å². The van der Waals surface area contributed by atoms with Crippen LogP contribution in [0.3, 0.4) is 0 Å². The van der Waals surface area contributed by atoms with E-state index in [0.717, 1.165) is 29.8 Å². The van der Waals surface area contributed by atoms with Crippen molar-refractivity contribution in [2.24, 2.45) is 11.8 Å². The van der Waals surface area contributed by atoms with E-state index in [1.807, 2.05) is 24.3 Å². The highest BCUT2D eigenvalue weighted by atomic mass is 35.5. The molecule has 0 spiro atoms. The maximum absolute atomic E-state index is 6.18. The predicted molar refractivity (Wildman–Crippen MR) is 69.6 cm³/mol. The highest BCUT2D eigenvalue weighted by molar-refractivity contribution is 6.30. The van der Waals surface area contributed by atoms with Crippen LogP contribution in [0.2, 0.25) is 5.02 Å². The summed E-state index contributed by atoms with van der Waals surface area (Å²) in [4.78, 5) is 0. The third kappa shape index (κ3) is 2.75. The van der Waals surface area contributed by atoms with Gasteiger partial charge in [-0.2, -0.15) is 0 Å². The maximum Gasteiger partial charge on any atom is 0.121 e. The highest BCUT2D eigenvalue weighted by Crippen LogP contribution is 2.39. The molecule has 0 aromatic heterocycles. The molecule has 2 atom stereocenters. The Labute approximate surface area is 107 Å². The average molecular weight is 252 g/mol. The van der Waals surface area contributed by atoms with Crippen LogP contribution >= 0.6 is 11.6 Å². The molecule has 0 bridgehead atoms. The van der Waals surface area contributed by atoms with Crippen molar-refractivity contribution in [1.82, 2.24) is 5.32 Å². The van der Waals surface area contributed by atoms with Crippen molar-refractivity contribution >= 4 is 11.6 Å². The predicted octanol–water partition coefficient (Wildman–Crippen LogP) is 3.11. The Bertz CT molecular complexity index is 386. The summed E-state index contributed by atoms with van der Waals surface area (Å²) in [5.74, 6) is 2.35. The number of rotatable bonds is 4. The van der Waals surface area contributed by atoms with E-state index in [2.05, 4.69) is 5.32 Å². The molecule has 0 radical (unpaired) electrons. The zero-order valence-corrected chi connectivity index (χ0v) is 10.6. The second-order valence-corrected chi connectivity index (χ2v) is 5.57. The molecule has 1 saturated carbocycles. The van der Waals surface area contributed by atoms with Gasteiger partial charge in [-0.05, 0) is 49.9 Å². The molecular weight excluding hydrogens is 234 g/mol. The van der Waals surface area contributed by atoms with Crippen LogP contribution in [-0.4, -0.2) is 19.2 Å². The van der Waals surface area contributed by atoms with E-state index in [4.69, 9.17) is 16.3 Å². The lowest BCUT2D eigenvalue weighted by Gasteiger charge is -2.24. The van der Waals surface area contributed by atoms with Gasteiger partial charge in [0.15, 0.2) is 0 Å². The van der Waals surface area contributed by atoms with Crippen molar-refractivity contribution in [2.45, 2.75) is 25.4 Å². The standard InChI is InChI=1S/C14H18ClNO/c15-12-2-1-3-13(8-12)17-14(10-4-5-10)11-6-7-16-9-11/h1-3,8,10-11,14,16H,4-7,9H2/t11-,14-/m0/s1. The zero-order valence-electron chi connectivity index (χ0n) is 9.86. The van der Waals surface area contributed by atoms with Crippen molar-refractivity contribution in [3.8, 4) is 5.75 Å². The van der Waals surface area contributed by atoms with Crippen LogP contribution in [0, 0.1) is 11.8 Å². The fourth-order valence-corrected chi connectivity index (χ4v) is 2.84. The summed E-state index contributed by atoms with van der Waals surface area (Å²) in [6.45, 7) is 2.23. The minimum Gasteiger partial charge on any atom is -0.490 e. The molecule has 0 amide bonds. The topological polar surface area (TPSA) is 21.3 Å². The van der Waals surface area contributed by atoms with Crippen molar-refractivity contribution in [2.75, 3.05) is 13.1 Å². The van der Waals surface area contributed by atoms with E-state index >= 15 is 0 Å². The van der Waals surface area contributed by atoms with Gasteiger partial charge < -0.3 is 10.1 Å². The molecule has 92 valence electrons. The molecule has 2 aliphatic rings. The molecule has 2 fully saturated rings. The molecule has 1 heterocycles. The molecule has 3 rings (SSSR count). The Morgan fingerprint density at radius 1 is 1.24 bits per heavy atom. The minimum atomic E-state index is 0.378. The molecule has 1 aromatic rings. The number of ether oxygens (including phenoxy) is 1. The van der Waals surface area contributed by atoms with Crippen molar-refractivity contribution in [3.05, 3.63) is 29.3 Å². The monoisotopic (exact) mass is 251 g/mol. The van der Waals surface area contributed by atoms with Gasteiger partial charge in [0.1, 0.15) is 11.9 Å². The normalized spacial score (nSPS) is 25.8. The fraction of sp³-hybridized carbons (Fsp3) is 0.571. The molecule has 1 N–H and O–H groups in total. The van der Waals surface area contributed by atoms with E-state index < -0.39 is 0 Å². The van der Waals surface area contributed by atoms with Crippen LogP contribution in [0.4, 0.5) is 0 Å². The first-order chi connectivity index (χ1) is 8.33. The fourth-order valence-electron chi connectivity index (χ4n) is 2.66. The summed E-state index contributed by atoms with van der Waals surface area (Å²) >= 11 is 5.99. The summed E-state index contributed by atoms with van der Waals surface area (Å²) in [5.41, 5.74) is 0. The van der Waals surface area contributed by atoms with Crippen LogP contribution in [-0.2, 0) is 0 Å². The number of hydrogen-bond acceptors (Lipinski definition) is 2. The van der Waals surface area contributed by atoms with Gasteiger partial charge in [-0.25, -0.2) is 0 Å². The molecule has 0 unspecified atom stereocenters. The van der Waals surface area contributed by atoms with Gasteiger partial charge in [-0.1, -0.05) is 17.7 Å². The summed E-state index contributed by atoms with van der Waals surface area (Å²) in [7, 11) is 0. The van der Waals surface area contributed by atoms with Crippen molar-refractivity contribution in [3.63, 3.8) is 0 Å². The smallest absolute Gasteiger partial charge is 0.121 e. The van der Waals surface area contributed by atoms with E-state index in [9.17, 15) is 0 Å². The summed E-state index contributed by atoms with van der Waals surface area (Å²) in [6, 6.07) is 7.76. The third-order valence-electron chi connectivity index (χ3n) is 3.72.